The number of aromatic nitrogens is 6. The Hall–Kier alpha value is -6.08. The molecule has 7 heteroatoms. The van der Waals surface area contributed by atoms with Gasteiger partial charge in [0.1, 0.15) is 5.52 Å². The lowest BCUT2D eigenvalue weighted by Crippen LogP contribution is -2.00. The lowest BCUT2D eigenvalue weighted by Gasteiger charge is -2.11. The first-order chi connectivity index (χ1) is 22.2. The molecule has 0 aliphatic rings. The maximum atomic E-state index is 5.82. The van der Waals surface area contributed by atoms with Crippen LogP contribution in [0.25, 0.3) is 78.8 Å². The second kappa shape index (κ2) is 11.2. The molecular formula is C38H26N6O. The molecule has 0 radical (unpaired) electrons. The van der Waals surface area contributed by atoms with E-state index in [2.05, 4.69) is 23.2 Å². The topological polar surface area (TPSA) is 90.5 Å². The minimum absolute atomic E-state index is 0.606. The fourth-order valence-electron chi connectivity index (χ4n) is 5.41. The van der Waals surface area contributed by atoms with E-state index >= 15 is 0 Å². The van der Waals surface area contributed by atoms with E-state index in [9.17, 15) is 0 Å². The molecule has 3 aromatic heterocycles. The van der Waals surface area contributed by atoms with Crippen LogP contribution in [0.3, 0.4) is 0 Å². The zero-order valence-corrected chi connectivity index (χ0v) is 24.4. The van der Waals surface area contributed by atoms with E-state index < -0.39 is 0 Å². The highest BCUT2D eigenvalue weighted by Crippen LogP contribution is 2.32. The maximum absolute atomic E-state index is 5.82. The highest BCUT2D eigenvalue weighted by Gasteiger charge is 2.15. The summed E-state index contributed by atoms with van der Waals surface area (Å²) >= 11 is 0. The van der Waals surface area contributed by atoms with Crippen molar-refractivity contribution in [1.29, 1.82) is 0 Å². The second-order valence-electron chi connectivity index (χ2n) is 10.7. The highest BCUT2D eigenvalue weighted by molar-refractivity contribution is 5.94. The smallest absolute Gasteiger partial charge is 0.195 e. The normalized spacial score (nSPS) is 11.3. The predicted octanol–water partition coefficient (Wildman–Crippen LogP) is 8.85. The van der Waals surface area contributed by atoms with Crippen LogP contribution in [0.1, 0.15) is 12.8 Å². The Kier molecular flexibility index (Phi) is 6.61. The first kappa shape index (κ1) is 26.5. The minimum atomic E-state index is 0.606. The molecule has 0 N–H and O–H groups in total. The van der Waals surface area contributed by atoms with E-state index in [1.165, 1.54) is 0 Å². The van der Waals surface area contributed by atoms with Crippen LogP contribution in [0.5, 0.6) is 0 Å². The van der Waals surface area contributed by atoms with Crippen molar-refractivity contribution >= 4 is 22.0 Å². The molecule has 0 atom stereocenters. The van der Waals surface area contributed by atoms with Crippen LogP contribution in [-0.2, 0) is 6.42 Å². The molecule has 0 bridgehead atoms. The zero-order valence-electron chi connectivity index (χ0n) is 24.4. The summed E-state index contributed by atoms with van der Waals surface area (Å²) in [4.78, 5) is 29.2. The minimum Gasteiger partial charge on any atom is -0.441 e. The molecule has 0 aliphatic carbocycles. The van der Waals surface area contributed by atoms with Gasteiger partial charge in [-0.15, -0.1) is 0 Å². The number of oxazole rings is 1. The summed E-state index contributed by atoms with van der Waals surface area (Å²) in [5.41, 5.74) is 7.89. The Balaban J connectivity index is 1.22. The van der Waals surface area contributed by atoms with Gasteiger partial charge in [0.25, 0.3) is 0 Å². The third kappa shape index (κ3) is 5.10. The van der Waals surface area contributed by atoms with Crippen LogP contribution >= 0.6 is 0 Å². The third-order valence-electron chi connectivity index (χ3n) is 7.71. The van der Waals surface area contributed by atoms with Gasteiger partial charge in [0.15, 0.2) is 34.8 Å². The van der Waals surface area contributed by atoms with Crippen molar-refractivity contribution in [3.63, 3.8) is 0 Å². The summed E-state index contributed by atoms with van der Waals surface area (Å²) in [6.45, 7) is 2.03. The average Bonchev–Trinajstić information content (AvgIpc) is 3.55. The van der Waals surface area contributed by atoms with Gasteiger partial charge in [-0.05, 0) is 24.3 Å². The zero-order chi connectivity index (χ0) is 30.2. The SMILES string of the molecule is CCc1nc2cc(-c3nc(-c4ccc(-c5nc(-c6ccccc6)nc(-c6ccccc6)n5)cc4)c4ccccc4n3)ccc2o1. The molecule has 5 aromatic carbocycles. The molecule has 214 valence electrons. The van der Waals surface area contributed by atoms with Crippen LogP contribution in [-0.4, -0.2) is 29.9 Å². The van der Waals surface area contributed by atoms with Crippen molar-refractivity contribution in [2.45, 2.75) is 13.3 Å². The van der Waals surface area contributed by atoms with Crippen molar-refractivity contribution in [3.05, 3.63) is 133 Å². The van der Waals surface area contributed by atoms with Gasteiger partial charge < -0.3 is 4.42 Å². The van der Waals surface area contributed by atoms with Gasteiger partial charge in [0, 0.05) is 39.6 Å². The van der Waals surface area contributed by atoms with E-state index in [4.69, 9.17) is 29.3 Å². The number of fused-ring (bicyclic) bond motifs is 2. The van der Waals surface area contributed by atoms with Crippen molar-refractivity contribution in [1.82, 2.24) is 29.9 Å². The molecule has 0 aliphatic heterocycles. The first-order valence-electron chi connectivity index (χ1n) is 14.9. The van der Waals surface area contributed by atoms with Crippen LogP contribution in [0.15, 0.2) is 132 Å². The Bertz CT molecular complexity index is 2240. The Morgan fingerprint density at radius 3 is 1.62 bits per heavy atom. The molecule has 0 fully saturated rings. The van der Waals surface area contributed by atoms with Gasteiger partial charge in [-0.2, -0.15) is 0 Å². The lowest BCUT2D eigenvalue weighted by atomic mass is 10.0. The Morgan fingerprint density at radius 2 is 0.978 bits per heavy atom. The number of hydrogen-bond acceptors (Lipinski definition) is 7. The third-order valence-corrected chi connectivity index (χ3v) is 7.71. The molecule has 7 nitrogen and oxygen atoms in total. The highest BCUT2D eigenvalue weighted by atomic mass is 16.3. The fraction of sp³-hybridized carbons (Fsp3) is 0.0526. The van der Waals surface area contributed by atoms with Gasteiger partial charge in [-0.25, -0.2) is 29.9 Å². The predicted molar refractivity (Wildman–Crippen MR) is 177 cm³/mol. The Labute approximate surface area is 259 Å². The summed E-state index contributed by atoms with van der Waals surface area (Å²) in [6.07, 6.45) is 0.738. The van der Waals surface area contributed by atoms with E-state index in [1.54, 1.807) is 0 Å². The van der Waals surface area contributed by atoms with Gasteiger partial charge in [-0.3, -0.25) is 0 Å². The number of nitrogens with zero attached hydrogens (tertiary/aromatic N) is 6. The molecule has 45 heavy (non-hydrogen) atoms. The van der Waals surface area contributed by atoms with Crippen molar-refractivity contribution in [2.24, 2.45) is 0 Å². The summed E-state index contributed by atoms with van der Waals surface area (Å²) in [6, 6.07) is 42.2. The number of benzene rings is 5. The monoisotopic (exact) mass is 582 g/mol. The summed E-state index contributed by atoms with van der Waals surface area (Å²) in [5.74, 6) is 3.21. The first-order valence-corrected chi connectivity index (χ1v) is 14.9. The summed E-state index contributed by atoms with van der Waals surface area (Å²) < 4.78 is 5.82. The van der Waals surface area contributed by atoms with Crippen LogP contribution in [0.4, 0.5) is 0 Å². The number of aryl methyl sites for hydroxylation is 1. The quantitative estimate of drug-likeness (QED) is 0.193. The molecule has 0 amide bonds. The van der Waals surface area contributed by atoms with E-state index in [1.807, 2.05) is 116 Å². The van der Waals surface area contributed by atoms with E-state index in [-0.39, 0.29) is 0 Å². The molecule has 0 spiro atoms. The van der Waals surface area contributed by atoms with E-state index in [0.717, 1.165) is 61.9 Å². The molecule has 3 heterocycles. The molecule has 8 aromatic rings. The average molecular weight is 583 g/mol. The van der Waals surface area contributed by atoms with Crippen LogP contribution in [0.2, 0.25) is 0 Å². The second-order valence-corrected chi connectivity index (χ2v) is 10.7. The fourth-order valence-corrected chi connectivity index (χ4v) is 5.41. The van der Waals surface area contributed by atoms with E-state index in [0.29, 0.717) is 29.2 Å². The standard InChI is InChI=1S/C38H26N6O/c1-2-33-39-31-23-28(21-22-32(31)45-33)38-40-30-16-10-9-15-29(30)34(41-38)24-17-19-27(20-18-24)37-43-35(25-11-5-3-6-12-25)42-36(44-37)26-13-7-4-8-14-26/h3-23H,2H2,1H3. The molecule has 0 saturated carbocycles. The molecular weight excluding hydrogens is 556 g/mol. The van der Waals surface area contributed by atoms with Crippen LogP contribution < -0.4 is 0 Å². The number of hydrogen-bond donors (Lipinski definition) is 0. The number of para-hydroxylation sites is 1. The summed E-state index contributed by atoms with van der Waals surface area (Å²) in [7, 11) is 0. The van der Waals surface area contributed by atoms with Gasteiger partial charge in [0.2, 0.25) is 0 Å². The molecule has 0 unspecified atom stereocenters. The lowest BCUT2D eigenvalue weighted by molar-refractivity contribution is 0.538. The maximum Gasteiger partial charge on any atom is 0.195 e. The molecule has 0 saturated heterocycles. The van der Waals surface area contributed by atoms with Gasteiger partial charge >= 0.3 is 0 Å². The van der Waals surface area contributed by atoms with Gasteiger partial charge in [0.05, 0.1) is 11.2 Å². The van der Waals surface area contributed by atoms with Crippen LogP contribution in [0, 0.1) is 0 Å². The molecule has 8 rings (SSSR count). The number of rotatable bonds is 6. The van der Waals surface area contributed by atoms with Crippen molar-refractivity contribution in [2.75, 3.05) is 0 Å². The van der Waals surface area contributed by atoms with Crippen molar-refractivity contribution in [3.8, 4) is 56.8 Å². The summed E-state index contributed by atoms with van der Waals surface area (Å²) in [5, 5.41) is 0.975. The van der Waals surface area contributed by atoms with Crippen molar-refractivity contribution < 1.29 is 4.42 Å². The Morgan fingerprint density at radius 1 is 0.444 bits per heavy atom. The van der Waals surface area contributed by atoms with Gasteiger partial charge in [-0.1, -0.05) is 110 Å². The largest absolute Gasteiger partial charge is 0.441 e.